The molecule has 1 unspecified atom stereocenters. The standard InChI is InChI=1S/C15H26O5S3/c1-3-19-14(16)8-5-10-21-22-11-7-13-23(18)12-6-9-15(17)20-4-2/h7,11H,3-6,8-10,12-13H2,1-2H3. The second-order valence-electron chi connectivity index (χ2n) is 4.42. The maximum absolute atomic E-state index is 11.7. The van der Waals surface area contributed by atoms with E-state index in [0.29, 0.717) is 44.0 Å². The fraction of sp³-hybridized carbons (Fsp3) is 0.733. The van der Waals surface area contributed by atoms with E-state index in [9.17, 15) is 13.8 Å². The summed E-state index contributed by atoms with van der Waals surface area (Å²) in [6.45, 7) is 4.39. The third-order valence-electron chi connectivity index (χ3n) is 2.47. The molecule has 0 aromatic heterocycles. The number of carbonyl (C=O) groups excluding carboxylic acids is 2. The zero-order chi connectivity index (χ0) is 17.3. The van der Waals surface area contributed by atoms with Crippen molar-refractivity contribution >= 4 is 44.3 Å². The first-order chi connectivity index (χ1) is 11.1. The third-order valence-corrected chi connectivity index (χ3v) is 5.92. The molecule has 0 heterocycles. The van der Waals surface area contributed by atoms with Gasteiger partial charge in [0.15, 0.2) is 0 Å². The lowest BCUT2D eigenvalue weighted by Gasteiger charge is -2.01. The van der Waals surface area contributed by atoms with Gasteiger partial charge in [-0.05, 0) is 32.1 Å². The summed E-state index contributed by atoms with van der Waals surface area (Å²) in [4.78, 5) is 22.2. The van der Waals surface area contributed by atoms with Gasteiger partial charge in [-0.1, -0.05) is 27.7 Å². The molecule has 0 bridgehead atoms. The van der Waals surface area contributed by atoms with Crippen LogP contribution in [0.3, 0.4) is 0 Å². The monoisotopic (exact) mass is 382 g/mol. The van der Waals surface area contributed by atoms with Crippen molar-refractivity contribution in [3.63, 3.8) is 0 Å². The molecule has 23 heavy (non-hydrogen) atoms. The Balaban J connectivity index is 3.46. The van der Waals surface area contributed by atoms with E-state index in [1.54, 1.807) is 35.4 Å². The van der Waals surface area contributed by atoms with Crippen molar-refractivity contribution in [1.82, 2.24) is 0 Å². The van der Waals surface area contributed by atoms with Gasteiger partial charge in [0.25, 0.3) is 0 Å². The summed E-state index contributed by atoms with van der Waals surface area (Å²) in [6.07, 6.45) is 4.05. The van der Waals surface area contributed by atoms with E-state index < -0.39 is 10.8 Å². The van der Waals surface area contributed by atoms with Crippen LogP contribution in [-0.4, -0.2) is 46.6 Å². The van der Waals surface area contributed by atoms with Crippen LogP contribution in [0.4, 0.5) is 0 Å². The molecule has 0 saturated heterocycles. The topological polar surface area (TPSA) is 69.7 Å². The van der Waals surface area contributed by atoms with Gasteiger partial charge in [-0.25, -0.2) is 0 Å². The highest BCUT2D eigenvalue weighted by atomic mass is 33.1. The highest BCUT2D eigenvalue weighted by molar-refractivity contribution is 8.77. The van der Waals surface area contributed by atoms with Crippen LogP contribution in [-0.2, 0) is 29.9 Å². The molecule has 8 heteroatoms. The van der Waals surface area contributed by atoms with Gasteiger partial charge in [-0.3, -0.25) is 13.8 Å². The van der Waals surface area contributed by atoms with Gasteiger partial charge in [0.05, 0.1) is 13.2 Å². The minimum absolute atomic E-state index is 0.146. The average molecular weight is 383 g/mol. The van der Waals surface area contributed by atoms with E-state index >= 15 is 0 Å². The molecule has 0 aromatic rings. The molecule has 134 valence electrons. The van der Waals surface area contributed by atoms with Crippen LogP contribution in [0, 0.1) is 0 Å². The minimum Gasteiger partial charge on any atom is -0.466 e. The summed E-state index contributed by atoms with van der Waals surface area (Å²) in [7, 11) is 2.29. The third kappa shape index (κ3) is 16.2. The van der Waals surface area contributed by atoms with Crippen molar-refractivity contribution < 1.29 is 23.3 Å². The fourth-order valence-electron chi connectivity index (χ4n) is 1.48. The van der Waals surface area contributed by atoms with Crippen molar-refractivity contribution in [1.29, 1.82) is 0 Å². The SMILES string of the molecule is CCOC(=O)CCCSSC=CCS(=O)CCCC(=O)OCC. The second-order valence-corrected chi connectivity index (χ2v) is 8.43. The van der Waals surface area contributed by atoms with Gasteiger partial charge in [0, 0.05) is 40.9 Å². The Bertz CT molecular complexity index is 385. The van der Waals surface area contributed by atoms with Crippen LogP contribution in [0.15, 0.2) is 11.5 Å². The van der Waals surface area contributed by atoms with Gasteiger partial charge in [0.2, 0.25) is 0 Å². The number of hydrogen-bond donors (Lipinski definition) is 0. The van der Waals surface area contributed by atoms with Crippen LogP contribution in [0.25, 0.3) is 0 Å². The first kappa shape index (κ1) is 22.5. The van der Waals surface area contributed by atoms with E-state index in [2.05, 4.69) is 0 Å². The van der Waals surface area contributed by atoms with Gasteiger partial charge in [-0.15, -0.1) is 0 Å². The summed E-state index contributed by atoms with van der Waals surface area (Å²) >= 11 is 0. The minimum atomic E-state index is -0.936. The lowest BCUT2D eigenvalue weighted by molar-refractivity contribution is -0.144. The molecule has 0 spiro atoms. The van der Waals surface area contributed by atoms with E-state index in [4.69, 9.17) is 9.47 Å². The largest absolute Gasteiger partial charge is 0.466 e. The Morgan fingerprint density at radius 2 is 1.65 bits per heavy atom. The summed E-state index contributed by atoms with van der Waals surface area (Å²) in [5.74, 6) is 1.51. The second kappa shape index (κ2) is 16.4. The van der Waals surface area contributed by atoms with E-state index in [1.165, 1.54) is 0 Å². The number of carbonyl (C=O) groups is 2. The molecular formula is C15H26O5S3. The quantitative estimate of drug-likeness (QED) is 0.259. The summed E-state index contributed by atoms with van der Waals surface area (Å²) in [5.41, 5.74) is 0. The molecule has 0 aliphatic rings. The van der Waals surface area contributed by atoms with Crippen molar-refractivity contribution in [2.75, 3.05) is 30.5 Å². The molecule has 0 aliphatic heterocycles. The number of esters is 2. The average Bonchev–Trinajstić information content (AvgIpc) is 2.50. The predicted octanol–water partition coefficient (Wildman–Crippen LogP) is 3.32. The number of rotatable bonds is 14. The van der Waals surface area contributed by atoms with Crippen molar-refractivity contribution in [2.45, 2.75) is 39.5 Å². The lowest BCUT2D eigenvalue weighted by Crippen LogP contribution is -2.07. The highest BCUT2D eigenvalue weighted by Gasteiger charge is 2.03. The van der Waals surface area contributed by atoms with E-state index in [0.717, 1.165) is 12.2 Å². The zero-order valence-corrected chi connectivity index (χ0v) is 16.2. The maximum Gasteiger partial charge on any atom is 0.305 e. The molecular weight excluding hydrogens is 356 g/mol. The normalized spacial score (nSPS) is 12.3. The van der Waals surface area contributed by atoms with Crippen molar-refractivity contribution in [3.05, 3.63) is 11.5 Å². The predicted molar refractivity (Wildman–Crippen MR) is 98.8 cm³/mol. The molecule has 0 radical (unpaired) electrons. The Morgan fingerprint density at radius 1 is 1.04 bits per heavy atom. The van der Waals surface area contributed by atoms with Crippen LogP contribution in [0.5, 0.6) is 0 Å². The molecule has 0 fully saturated rings. The summed E-state index contributed by atoms with van der Waals surface area (Å²) in [5, 5.41) is 1.91. The first-order valence-corrected chi connectivity index (χ1v) is 11.6. The molecule has 0 amide bonds. The Labute approximate surface area is 149 Å². The molecule has 0 aromatic carbocycles. The van der Waals surface area contributed by atoms with E-state index in [-0.39, 0.29) is 11.9 Å². The molecule has 1 atom stereocenters. The zero-order valence-electron chi connectivity index (χ0n) is 13.8. The van der Waals surface area contributed by atoms with Gasteiger partial charge in [-0.2, -0.15) is 0 Å². The number of hydrogen-bond acceptors (Lipinski definition) is 7. The van der Waals surface area contributed by atoms with Gasteiger partial charge >= 0.3 is 11.9 Å². The number of ether oxygens (including phenoxy) is 2. The Kier molecular flexibility index (Phi) is 16.1. The van der Waals surface area contributed by atoms with Gasteiger partial charge in [0.1, 0.15) is 0 Å². The molecule has 0 rings (SSSR count). The van der Waals surface area contributed by atoms with Crippen LogP contribution in [0.2, 0.25) is 0 Å². The van der Waals surface area contributed by atoms with Crippen LogP contribution >= 0.6 is 21.6 Å². The molecule has 0 saturated carbocycles. The fourth-order valence-corrected chi connectivity index (χ4v) is 4.27. The molecule has 0 aliphatic carbocycles. The van der Waals surface area contributed by atoms with E-state index in [1.807, 2.05) is 11.5 Å². The molecule has 0 N–H and O–H groups in total. The Hall–Kier alpha value is -0.470. The van der Waals surface area contributed by atoms with Crippen molar-refractivity contribution in [3.8, 4) is 0 Å². The van der Waals surface area contributed by atoms with Gasteiger partial charge < -0.3 is 9.47 Å². The summed E-state index contributed by atoms with van der Waals surface area (Å²) in [6, 6.07) is 0. The maximum atomic E-state index is 11.7. The first-order valence-electron chi connectivity index (χ1n) is 7.69. The van der Waals surface area contributed by atoms with Crippen LogP contribution < -0.4 is 0 Å². The molecule has 5 nitrogen and oxygen atoms in total. The van der Waals surface area contributed by atoms with Crippen molar-refractivity contribution in [2.24, 2.45) is 0 Å². The highest BCUT2D eigenvalue weighted by Crippen LogP contribution is 2.23. The smallest absolute Gasteiger partial charge is 0.305 e. The lowest BCUT2D eigenvalue weighted by atomic mass is 10.3. The summed E-state index contributed by atoms with van der Waals surface area (Å²) < 4.78 is 21.3. The Morgan fingerprint density at radius 3 is 2.26 bits per heavy atom. The van der Waals surface area contributed by atoms with Crippen LogP contribution in [0.1, 0.15) is 39.5 Å².